The molecule has 0 aliphatic heterocycles. The van der Waals surface area contributed by atoms with Gasteiger partial charge in [-0.15, -0.1) is 0 Å². The minimum atomic E-state index is 0.592. The molecule has 3 aliphatic rings. The normalized spacial score (nSPS) is 38.0. The van der Waals surface area contributed by atoms with Crippen LogP contribution in [-0.4, -0.2) is 12.7 Å². The molecular formula is C26H48O. The van der Waals surface area contributed by atoms with Crippen molar-refractivity contribution < 1.29 is 4.74 Å². The van der Waals surface area contributed by atoms with E-state index in [1.807, 2.05) is 0 Å². The van der Waals surface area contributed by atoms with E-state index in [9.17, 15) is 0 Å². The number of hydrogen-bond acceptors (Lipinski definition) is 1. The van der Waals surface area contributed by atoms with Crippen molar-refractivity contribution in [2.45, 2.75) is 129 Å². The van der Waals surface area contributed by atoms with Crippen LogP contribution in [0, 0.1) is 29.6 Å². The van der Waals surface area contributed by atoms with Gasteiger partial charge in [-0.25, -0.2) is 0 Å². The van der Waals surface area contributed by atoms with Gasteiger partial charge in [0.1, 0.15) is 0 Å². The van der Waals surface area contributed by atoms with Crippen LogP contribution >= 0.6 is 0 Å². The number of hydrogen-bond donors (Lipinski definition) is 0. The van der Waals surface area contributed by atoms with Crippen molar-refractivity contribution in [3.8, 4) is 0 Å². The first-order valence-corrected chi connectivity index (χ1v) is 12.9. The molecule has 0 heterocycles. The number of rotatable bonds is 9. The molecule has 0 aromatic heterocycles. The van der Waals surface area contributed by atoms with Crippen LogP contribution in [0.1, 0.15) is 123 Å². The lowest BCUT2D eigenvalue weighted by Crippen LogP contribution is -2.29. The van der Waals surface area contributed by atoms with Crippen LogP contribution in [0.2, 0.25) is 0 Å². The summed E-state index contributed by atoms with van der Waals surface area (Å²) in [6.45, 7) is 5.74. The predicted molar refractivity (Wildman–Crippen MR) is 117 cm³/mol. The minimum Gasteiger partial charge on any atom is -0.378 e. The second-order valence-electron chi connectivity index (χ2n) is 10.5. The lowest BCUT2D eigenvalue weighted by atomic mass is 9.69. The standard InChI is InChI=1S/C26H48O/c1-3-5-7-22-12-18-26(19-13-22)27-20-23-10-16-25(17-11-23)24-14-8-21(6-4-2)9-15-24/h21-26H,3-20H2,1-2H3. The van der Waals surface area contributed by atoms with E-state index < -0.39 is 0 Å². The van der Waals surface area contributed by atoms with Crippen LogP contribution in [0.4, 0.5) is 0 Å². The molecule has 3 saturated carbocycles. The van der Waals surface area contributed by atoms with E-state index in [0.717, 1.165) is 36.2 Å². The fourth-order valence-electron chi connectivity index (χ4n) is 6.54. The third-order valence-corrected chi connectivity index (χ3v) is 8.47. The lowest BCUT2D eigenvalue weighted by molar-refractivity contribution is -0.0130. The van der Waals surface area contributed by atoms with E-state index in [1.165, 1.54) is 109 Å². The molecule has 0 bridgehead atoms. The third-order valence-electron chi connectivity index (χ3n) is 8.47. The van der Waals surface area contributed by atoms with Crippen molar-refractivity contribution >= 4 is 0 Å². The van der Waals surface area contributed by atoms with Crippen LogP contribution in [0.3, 0.4) is 0 Å². The van der Waals surface area contributed by atoms with Crippen molar-refractivity contribution in [3.63, 3.8) is 0 Å². The molecule has 0 aromatic carbocycles. The minimum absolute atomic E-state index is 0.592. The summed E-state index contributed by atoms with van der Waals surface area (Å²) in [6, 6.07) is 0. The van der Waals surface area contributed by atoms with Crippen molar-refractivity contribution in [2.24, 2.45) is 29.6 Å². The Hall–Kier alpha value is -0.0400. The average Bonchev–Trinajstić information content (AvgIpc) is 2.73. The summed E-state index contributed by atoms with van der Waals surface area (Å²) in [6.07, 6.45) is 25.3. The SMILES string of the molecule is CCCCC1CCC(OCC2CCC(C3CCC(CCC)CC3)CC2)CC1. The number of ether oxygens (including phenoxy) is 1. The van der Waals surface area contributed by atoms with Gasteiger partial charge in [0.25, 0.3) is 0 Å². The summed E-state index contributed by atoms with van der Waals surface area (Å²) in [4.78, 5) is 0. The van der Waals surface area contributed by atoms with Crippen LogP contribution in [0.25, 0.3) is 0 Å². The molecule has 0 N–H and O–H groups in total. The Morgan fingerprint density at radius 1 is 0.556 bits per heavy atom. The van der Waals surface area contributed by atoms with Gasteiger partial charge in [-0.3, -0.25) is 0 Å². The first kappa shape index (κ1) is 21.7. The summed E-state index contributed by atoms with van der Waals surface area (Å²) in [5, 5.41) is 0. The highest BCUT2D eigenvalue weighted by atomic mass is 16.5. The van der Waals surface area contributed by atoms with E-state index in [2.05, 4.69) is 13.8 Å². The Balaban J connectivity index is 1.26. The van der Waals surface area contributed by atoms with E-state index >= 15 is 0 Å². The van der Waals surface area contributed by atoms with E-state index in [0.29, 0.717) is 6.10 Å². The quantitative estimate of drug-likeness (QED) is 0.394. The Morgan fingerprint density at radius 2 is 1.07 bits per heavy atom. The summed E-state index contributed by atoms with van der Waals surface area (Å²) in [5.41, 5.74) is 0. The van der Waals surface area contributed by atoms with Gasteiger partial charge >= 0.3 is 0 Å². The maximum Gasteiger partial charge on any atom is 0.0575 e. The molecule has 27 heavy (non-hydrogen) atoms. The maximum atomic E-state index is 6.40. The third kappa shape index (κ3) is 7.06. The zero-order valence-electron chi connectivity index (χ0n) is 18.6. The molecule has 158 valence electrons. The van der Waals surface area contributed by atoms with Crippen LogP contribution in [0.5, 0.6) is 0 Å². The van der Waals surface area contributed by atoms with Gasteiger partial charge in [-0.1, -0.05) is 58.8 Å². The molecule has 0 saturated heterocycles. The topological polar surface area (TPSA) is 9.23 Å². The molecule has 0 aromatic rings. The smallest absolute Gasteiger partial charge is 0.0575 e. The molecule has 0 amide bonds. The maximum absolute atomic E-state index is 6.40. The van der Waals surface area contributed by atoms with Crippen molar-refractivity contribution in [1.82, 2.24) is 0 Å². The second kappa shape index (κ2) is 11.8. The Bertz CT molecular complexity index is 368. The summed E-state index contributed by atoms with van der Waals surface area (Å²) >= 11 is 0. The van der Waals surface area contributed by atoms with Crippen molar-refractivity contribution in [2.75, 3.05) is 6.61 Å². The Morgan fingerprint density at radius 3 is 1.63 bits per heavy atom. The van der Waals surface area contributed by atoms with Crippen LogP contribution < -0.4 is 0 Å². The molecule has 3 aliphatic carbocycles. The molecule has 1 heteroatoms. The van der Waals surface area contributed by atoms with Crippen LogP contribution in [-0.2, 0) is 4.74 Å². The largest absolute Gasteiger partial charge is 0.378 e. The number of unbranched alkanes of at least 4 members (excludes halogenated alkanes) is 1. The predicted octanol–water partition coefficient (Wildman–Crippen LogP) is 8.16. The van der Waals surface area contributed by atoms with Crippen molar-refractivity contribution in [1.29, 1.82) is 0 Å². The highest BCUT2D eigenvalue weighted by Gasteiger charge is 2.31. The van der Waals surface area contributed by atoms with Gasteiger partial charge in [0, 0.05) is 6.61 Å². The fraction of sp³-hybridized carbons (Fsp3) is 1.00. The molecule has 3 fully saturated rings. The zero-order valence-corrected chi connectivity index (χ0v) is 18.6. The fourth-order valence-corrected chi connectivity index (χ4v) is 6.54. The van der Waals surface area contributed by atoms with Crippen molar-refractivity contribution in [3.05, 3.63) is 0 Å². The van der Waals surface area contributed by atoms with E-state index in [1.54, 1.807) is 0 Å². The van der Waals surface area contributed by atoms with Gasteiger partial charge in [0.2, 0.25) is 0 Å². The Labute approximate surface area is 170 Å². The molecule has 3 rings (SSSR count). The van der Waals surface area contributed by atoms with Gasteiger partial charge in [0.15, 0.2) is 0 Å². The molecule has 1 nitrogen and oxygen atoms in total. The molecular weight excluding hydrogens is 328 g/mol. The average molecular weight is 377 g/mol. The zero-order chi connectivity index (χ0) is 18.9. The highest BCUT2D eigenvalue weighted by molar-refractivity contribution is 4.82. The Kier molecular flexibility index (Phi) is 9.50. The first-order valence-electron chi connectivity index (χ1n) is 12.9. The summed E-state index contributed by atoms with van der Waals surface area (Å²) in [5.74, 6) is 5.06. The second-order valence-corrected chi connectivity index (χ2v) is 10.5. The summed E-state index contributed by atoms with van der Waals surface area (Å²) in [7, 11) is 0. The summed E-state index contributed by atoms with van der Waals surface area (Å²) < 4.78 is 6.40. The molecule has 0 unspecified atom stereocenters. The van der Waals surface area contributed by atoms with E-state index in [4.69, 9.17) is 4.74 Å². The van der Waals surface area contributed by atoms with Gasteiger partial charge in [-0.2, -0.15) is 0 Å². The molecule has 0 atom stereocenters. The van der Waals surface area contributed by atoms with E-state index in [-0.39, 0.29) is 0 Å². The van der Waals surface area contributed by atoms with Crippen LogP contribution in [0.15, 0.2) is 0 Å². The molecule has 0 spiro atoms. The highest BCUT2D eigenvalue weighted by Crippen LogP contribution is 2.42. The lowest BCUT2D eigenvalue weighted by Gasteiger charge is -2.38. The van der Waals surface area contributed by atoms with Gasteiger partial charge in [-0.05, 0) is 93.8 Å². The first-order chi connectivity index (χ1) is 13.3. The van der Waals surface area contributed by atoms with Gasteiger partial charge in [0.05, 0.1) is 6.10 Å². The monoisotopic (exact) mass is 376 g/mol. The molecule has 0 radical (unpaired) electrons. The van der Waals surface area contributed by atoms with Gasteiger partial charge < -0.3 is 4.74 Å².